The molecule has 1 aliphatic heterocycles. The van der Waals surface area contributed by atoms with Crippen LogP contribution in [0.2, 0.25) is 0 Å². The highest BCUT2D eigenvalue weighted by Crippen LogP contribution is 2.21. The van der Waals surface area contributed by atoms with Gasteiger partial charge in [-0.2, -0.15) is 0 Å². The SMILES string of the molecule is Cc1csc(CCCNC(=O)CC2CCN(C(C)C)CC2)n1. The van der Waals surface area contributed by atoms with E-state index in [1.807, 2.05) is 6.92 Å². The maximum absolute atomic E-state index is 12.0. The highest BCUT2D eigenvalue weighted by molar-refractivity contribution is 7.09. The maximum Gasteiger partial charge on any atom is 0.220 e. The van der Waals surface area contributed by atoms with Gasteiger partial charge in [-0.1, -0.05) is 0 Å². The van der Waals surface area contributed by atoms with Crippen molar-refractivity contribution in [3.63, 3.8) is 0 Å². The molecule has 0 aliphatic carbocycles. The fraction of sp³-hybridized carbons (Fsp3) is 0.765. The van der Waals surface area contributed by atoms with Gasteiger partial charge in [0, 0.05) is 36.5 Å². The van der Waals surface area contributed by atoms with Crippen molar-refractivity contribution in [1.29, 1.82) is 0 Å². The Morgan fingerprint density at radius 2 is 2.18 bits per heavy atom. The van der Waals surface area contributed by atoms with Gasteiger partial charge in [0.25, 0.3) is 0 Å². The van der Waals surface area contributed by atoms with Gasteiger partial charge in [-0.3, -0.25) is 4.79 Å². The maximum atomic E-state index is 12.0. The summed E-state index contributed by atoms with van der Waals surface area (Å²) >= 11 is 1.71. The third kappa shape index (κ3) is 5.69. The van der Waals surface area contributed by atoms with Gasteiger partial charge in [0.2, 0.25) is 5.91 Å². The van der Waals surface area contributed by atoms with E-state index in [2.05, 4.69) is 34.4 Å². The Labute approximate surface area is 138 Å². The lowest BCUT2D eigenvalue weighted by atomic mass is 9.92. The van der Waals surface area contributed by atoms with Crippen molar-refractivity contribution < 1.29 is 4.79 Å². The van der Waals surface area contributed by atoms with E-state index < -0.39 is 0 Å². The molecule has 0 saturated carbocycles. The van der Waals surface area contributed by atoms with Gasteiger partial charge < -0.3 is 10.2 Å². The quantitative estimate of drug-likeness (QED) is 0.785. The zero-order valence-electron chi connectivity index (χ0n) is 14.1. The molecule has 1 aliphatic rings. The lowest BCUT2D eigenvalue weighted by molar-refractivity contribution is -0.122. The molecule has 0 radical (unpaired) electrons. The smallest absolute Gasteiger partial charge is 0.220 e. The Bertz CT molecular complexity index is 464. The Balaban J connectivity index is 1.56. The van der Waals surface area contributed by atoms with Crippen LogP contribution in [0.25, 0.3) is 0 Å². The predicted molar refractivity (Wildman–Crippen MR) is 92.2 cm³/mol. The van der Waals surface area contributed by atoms with E-state index in [4.69, 9.17) is 0 Å². The molecule has 0 aromatic carbocycles. The summed E-state index contributed by atoms with van der Waals surface area (Å²) in [5.41, 5.74) is 1.09. The molecule has 1 amide bonds. The topological polar surface area (TPSA) is 45.2 Å². The number of thiazole rings is 1. The van der Waals surface area contributed by atoms with Crippen molar-refractivity contribution in [3.05, 3.63) is 16.1 Å². The molecule has 22 heavy (non-hydrogen) atoms. The van der Waals surface area contributed by atoms with E-state index in [1.165, 1.54) is 5.01 Å². The van der Waals surface area contributed by atoms with Crippen LogP contribution in [0.15, 0.2) is 5.38 Å². The van der Waals surface area contributed by atoms with Gasteiger partial charge in [0.1, 0.15) is 0 Å². The monoisotopic (exact) mass is 323 g/mol. The van der Waals surface area contributed by atoms with E-state index in [0.29, 0.717) is 18.4 Å². The van der Waals surface area contributed by atoms with Gasteiger partial charge in [0.05, 0.1) is 5.01 Å². The fourth-order valence-electron chi connectivity index (χ4n) is 2.99. The molecule has 1 aromatic rings. The largest absolute Gasteiger partial charge is 0.356 e. The number of nitrogens with one attached hydrogen (secondary N) is 1. The molecule has 2 rings (SSSR count). The third-order valence-electron chi connectivity index (χ3n) is 4.41. The van der Waals surface area contributed by atoms with Crippen LogP contribution in [0.4, 0.5) is 0 Å². The first kappa shape index (κ1) is 17.4. The molecule has 0 spiro atoms. The number of piperidine rings is 1. The minimum absolute atomic E-state index is 0.221. The number of nitrogens with zero attached hydrogens (tertiary/aromatic N) is 2. The van der Waals surface area contributed by atoms with Crippen LogP contribution in [0.5, 0.6) is 0 Å². The zero-order chi connectivity index (χ0) is 15.9. The molecule has 1 N–H and O–H groups in total. The number of aryl methyl sites for hydroxylation is 2. The normalized spacial score (nSPS) is 17.1. The highest BCUT2D eigenvalue weighted by Gasteiger charge is 2.22. The van der Waals surface area contributed by atoms with Crippen LogP contribution in [-0.4, -0.2) is 41.5 Å². The second-order valence-corrected chi connectivity index (χ2v) is 7.56. The number of carbonyl (C=O) groups is 1. The van der Waals surface area contributed by atoms with Crippen molar-refractivity contribution in [2.24, 2.45) is 5.92 Å². The molecule has 2 heterocycles. The first-order valence-electron chi connectivity index (χ1n) is 8.46. The first-order valence-corrected chi connectivity index (χ1v) is 9.34. The minimum Gasteiger partial charge on any atom is -0.356 e. The molecule has 0 atom stereocenters. The van der Waals surface area contributed by atoms with Crippen molar-refractivity contribution >= 4 is 17.2 Å². The standard InChI is InChI=1S/C17H29N3OS/c1-13(2)20-9-6-15(7-10-20)11-16(21)18-8-4-5-17-19-14(3)12-22-17/h12-13,15H,4-11H2,1-3H3,(H,18,21). The molecular formula is C17H29N3OS. The van der Waals surface area contributed by atoms with Crippen LogP contribution in [-0.2, 0) is 11.2 Å². The average Bonchev–Trinajstić information content (AvgIpc) is 2.90. The van der Waals surface area contributed by atoms with Crippen LogP contribution in [0.1, 0.15) is 50.2 Å². The molecule has 0 bridgehead atoms. The number of hydrogen-bond acceptors (Lipinski definition) is 4. The number of aromatic nitrogens is 1. The van der Waals surface area contributed by atoms with Crippen LogP contribution < -0.4 is 5.32 Å². The summed E-state index contributed by atoms with van der Waals surface area (Å²) in [5.74, 6) is 0.787. The summed E-state index contributed by atoms with van der Waals surface area (Å²) in [5, 5.41) is 6.32. The zero-order valence-corrected chi connectivity index (χ0v) is 14.9. The number of rotatable bonds is 7. The van der Waals surface area contributed by atoms with Gasteiger partial charge in [-0.15, -0.1) is 11.3 Å². The van der Waals surface area contributed by atoms with E-state index in [9.17, 15) is 4.79 Å². The molecular weight excluding hydrogens is 294 g/mol. The Kier molecular flexibility index (Phi) is 6.83. The number of amides is 1. The lowest BCUT2D eigenvalue weighted by Crippen LogP contribution is -2.39. The fourth-order valence-corrected chi connectivity index (χ4v) is 3.81. The predicted octanol–water partition coefficient (Wildman–Crippen LogP) is 3.01. The van der Waals surface area contributed by atoms with Gasteiger partial charge in [-0.05, 0) is 59.0 Å². The van der Waals surface area contributed by atoms with Gasteiger partial charge in [-0.25, -0.2) is 4.98 Å². The minimum atomic E-state index is 0.221. The molecule has 0 unspecified atom stereocenters. The van der Waals surface area contributed by atoms with E-state index >= 15 is 0 Å². The number of hydrogen-bond donors (Lipinski definition) is 1. The van der Waals surface area contributed by atoms with Gasteiger partial charge in [0.15, 0.2) is 0 Å². The Hall–Kier alpha value is -0.940. The first-order chi connectivity index (χ1) is 10.5. The van der Waals surface area contributed by atoms with Crippen molar-refractivity contribution in [3.8, 4) is 0 Å². The summed E-state index contributed by atoms with van der Waals surface area (Å²) in [4.78, 5) is 19.0. The Morgan fingerprint density at radius 1 is 1.45 bits per heavy atom. The van der Waals surface area contributed by atoms with Crippen molar-refractivity contribution in [1.82, 2.24) is 15.2 Å². The van der Waals surface area contributed by atoms with Crippen LogP contribution >= 0.6 is 11.3 Å². The second kappa shape index (κ2) is 8.63. The van der Waals surface area contributed by atoms with Crippen LogP contribution in [0.3, 0.4) is 0 Å². The molecule has 5 heteroatoms. The van der Waals surface area contributed by atoms with Crippen LogP contribution in [0, 0.1) is 12.8 Å². The molecule has 1 saturated heterocycles. The van der Waals surface area contributed by atoms with Crippen molar-refractivity contribution in [2.75, 3.05) is 19.6 Å². The molecule has 4 nitrogen and oxygen atoms in total. The van der Waals surface area contributed by atoms with E-state index in [1.54, 1.807) is 11.3 Å². The summed E-state index contributed by atoms with van der Waals surface area (Å²) < 4.78 is 0. The summed E-state index contributed by atoms with van der Waals surface area (Å²) in [7, 11) is 0. The second-order valence-electron chi connectivity index (χ2n) is 6.61. The molecule has 124 valence electrons. The summed E-state index contributed by atoms with van der Waals surface area (Å²) in [6.07, 6.45) is 4.95. The van der Waals surface area contributed by atoms with E-state index in [-0.39, 0.29) is 5.91 Å². The number of likely N-dealkylation sites (tertiary alicyclic amines) is 1. The van der Waals surface area contributed by atoms with E-state index in [0.717, 1.165) is 51.0 Å². The third-order valence-corrected chi connectivity index (χ3v) is 5.44. The molecule has 1 fully saturated rings. The Morgan fingerprint density at radius 3 is 2.77 bits per heavy atom. The van der Waals surface area contributed by atoms with Crippen molar-refractivity contribution in [2.45, 2.75) is 58.9 Å². The average molecular weight is 324 g/mol. The highest BCUT2D eigenvalue weighted by atomic mass is 32.1. The summed E-state index contributed by atoms with van der Waals surface area (Å²) in [6, 6.07) is 0.629. The summed E-state index contributed by atoms with van der Waals surface area (Å²) in [6.45, 7) is 9.56. The number of carbonyl (C=O) groups excluding carboxylic acids is 1. The van der Waals surface area contributed by atoms with Gasteiger partial charge >= 0.3 is 0 Å². The lowest BCUT2D eigenvalue weighted by Gasteiger charge is -2.34. The molecule has 1 aromatic heterocycles.